The summed E-state index contributed by atoms with van der Waals surface area (Å²) in [6, 6.07) is 5.57. The van der Waals surface area contributed by atoms with Crippen molar-refractivity contribution in [3.8, 4) is 11.7 Å². The van der Waals surface area contributed by atoms with Crippen molar-refractivity contribution in [1.82, 2.24) is 0 Å². The highest BCUT2D eigenvalue weighted by Crippen LogP contribution is 2.20. The minimum Gasteiger partial charge on any atom is -0.508 e. The molecule has 0 unspecified atom stereocenters. The number of hydrogen-bond acceptors (Lipinski definition) is 4. The van der Waals surface area contributed by atoms with E-state index in [1.807, 2.05) is 0 Å². The first-order chi connectivity index (χ1) is 6.70. The average Bonchev–Trinajstić information content (AvgIpc) is 2.19. The molecule has 4 nitrogen and oxygen atoms in total. The fourth-order valence-electron chi connectivity index (χ4n) is 1.22. The van der Waals surface area contributed by atoms with E-state index in [9.17, 15) is 4.79 Å². The summed E-state index contributed by atoms with van der Waals surface area (Å²) in [6.45, 7) is 0. The van der Waals surface area contributed by atoms with Crippen LogP contribution in [-0.4, -0.2) is 12.2 Å². The van der Waals surface area contributed by atoms with E-state index in [1.165, 1.54) is 31.4 Å². The van der Waals surface area contributed by atoms with E-state index in [4.69, 9.17) is 14.3 Å². The molecule has 1 aromatic carbocycles. The van der Waals surface area contributed by atoms with Crippen LogP contribution in [0.4, 0.5) is 0 Å². The molecule has 1 N–H and O–H groups in total. The van der Waals surface area contributed by atoms with Crippen molar-refractivity contribution in [2.24, 2.45) is 0 Å². The van der Waals surface area contributed by atoms with Crippen LogP contribution in [0.3, 0.4) is 0 Å². The number of fused-ring (bicyclic) bond motifs is 1. The van der Waals surface area contributed by atoms with Gasteiger partial charge in [0.15, 0.2) is 5.43 Å². The highest BCUT2D eigenvalue weighted by Gasteiger charge is 2.04. The van der Waals surface area contributed by atoms with Crippen molar-refractivity contribution in [2.75, 3.05) is 7.11 Å². The lowest BCUT2D eigenvalue weighted by atomic mass is 10.2. The Morgan fingerprint density at radius 3 is 2.86 bits per heavy atom. The van der Waals surface area contributed by atoms with Crippen LogP contribution >= 0.6 is 0 Å². The summed E-state index contributed by atoms with van der Waals surface area (Å²) in [7, 11) is 1.42. The number of aromatic hydroxyl groups is 1. The third-order valence-corrected chi connectivity index (χ3v) is 1.89. The predicted molar refractivity (Wildman–Crippen MR) is 50.7 cm³/mol. The smallest absolute Gasteiger partial charge is 0.288 e. The molecular formula is C10H8O4. The van der Waals surface area contributed by atoms with E-state index < -0.39 is 0 Å². The Morgan fingerprint density at radius 2 is 2.14 bits per heavy atom. The van der Waals surface area contributed by atoms with Gasteiger partial charge < -0.3 is 14.3 Å². The number of methoxy groups -OCH3 is 1. The van der Waals surface area contributed by atoms with Crippen molar-refractivity contribution >= 4 is 11.0 Å². The SMILES string of the molecule is COc1cc(=O)c2cc(O)ccc2o1. The van der Waals surface area contributed by atoms with Gasteiger partial charge in [0.25, 0.3) is 5.95 Å². The first-order valence-corrected chi connectivity index (χ1v) is 4.01. The molecule has 0 bridgehead atoms. The molecule has 72 valence electrons. The molecule has 0 fully saturated rings. The summed E-state index contributed by atoms with van der Waals surface area (Å²) >= 11 is 0. The van der Waals surface area contributed by atoms with Crippen molar-refractivity contribution in [3.05, 3.63) is 34.5 Å². The molecule has 0 spiro atoms. The normalized spacial score (nSPS) is 10.4. The largest absolute Gasteiger partial charge is 0.508 e. The Morgan fingerprint density at radius 1 is 1.36 bits per heavy atom. The fourth-order valence-corrected chi connectivity index (χ4v) is 1.22. The zero-order valence-corrected chi connectivity index (χ0v) is 7.48. The van der Waals surface area contributed by atoms with Crippen LogP contribution in [0.5, 0.6) is 11.7 Å². The summed E-state index contributed by atoms with van der Waals surface area (Å²) in [6.07, 6.45) is 0. The predicted octanol–water partition coefficient (Wildman–Crippen LogP) is 1.51. The van der Waals surface area contributed by atoms with Crippen LogP contribution in [-0.2, 0) is 0 Å². The molecule has 4 heteroatoms. The van der Waals surface area contributed by atoms with Crippen molar-refractivity contribution in [3.63, 3.8) is 0 Å². The zero-order chi connectivity index (χ0) is 10.1. The average molecular weight is 192 g/mol. The molecule has 0 radical (unpaired) electrons. The number of hydrogen-bond donors (Lipinski definition) is 1. The van der Waals surface area contributed by atoms with Crippen LogP contribution < -0.4 is 10.2 Å². The molecular weight excluding hydrogens is 184 g/mol. The Bertz CT molecular complexity index is 527. The van der Waals surface area contributed by atoms with Crippen LogP contribution in [0.1, 0.15) is 0 Å². The van der Waals surface area contributed by atoms with Crippen LogP contribution in [0, 0.1) is 0 Å². The number of rotatable bonds is 1. The van der Waals surface area contributed by atoms with Crippen LogP contribution in [0.15, 0.2) is 33.5 Å². The van der Waals surface area contributed by atoms with E-state index in [0.717, 1.165) is 0 Å². The second-order valence-corrected chi connectivity index (χ2v) is 2.81. The van der Waals surface area contributed by atoms with E-state index in [1.54, 1.807) is 0 Å². The maximum absolute atomic E-state index is 11.5. The lowest BCUT2D eigenvalue weighted by Crippen LogP contribution is -2.00. The van der Waals surface area contributed by atoms with Gasteiger partial charge in [0, 0.05) is 0 Å². The van der Waals surface area contributed by atoms with Gasteiger partial charge in [0.2, 0.25) is 0 Å². The molecule has 1 aromatic heterocycles. The van der Waals surface area contributed by atoms with Gasteiger partial charge >= 0.3 is 0 Å². The Kier molecular flexibility index (Phi) is 1.89. The van der Waals surface area contributed by atoms with Crippen molar-refractivity contribution in [2.45, 2.75) is 0 Å². The second-order valence-electron chi connectivity index (χ2n) is 2.81. The van der Waals surface area contributed by atoms with Gasteiger partial charge in [0.05, 0.1) is 18.6 Å². The summed E-state index contributed by atoms with van der Waals surface area (Å²) in [4.78, 5) is 11.5. The first kappa shape index (κ1) is 8.62. The number of ether oxygens (including phenoxy) is 1. The van der Waals surface area contributed by atoms with E-state index in [-0.39, 0.29) is 17.1 Å². The van der Waals surface area contributed by atoms with Crippen molar-refractivity contribution < 1.29 is 14.3 Å². The van der Waals surface area contributed by atoms with Gasteiger partial charge in [-0.25, -0.2) is 0 Å². The van der Waals surface area contributed by atoms with Gasteiger partial charge in [-0.15, -0.1) is 0 Å². The fraction of sp³-hybridized carbons (Fsp3) is 0.100. The third kappa shape index (κ3) is 1.31. The Labute approximate surface area is 79.4 Å². The maximum atomic E-state index is 11.5. The second kappa shape index (κ2) is 3.06. The van der Waals surface area contributed by atoms with Gasteiger partial charge in [0.1, 0.15) is 11.3 Å². The van der Waals surface area contributed by atoms with Gasteiger partial charge in [-0.3, -0.25) is 4.79 Å². The molecule has 0 aliphatic rings. The molecule has 0 aliphatic heterocycles. The summed E-state index contributed by atoms with van der Waals surface area (Å²) in [5.74, 6) is 0.197. The lowest BCUT2D eigenvalue weighted by Gasteiger charge is -2.00. The highest BCUT2D eigenvalue weighted by atomic mass is 16.6. The van der Waals surface area contributed by atoms with Gasteiger partial charge in [-0.2, -0.15) is 0 Å². The van der Waals surface area contributed by atoms with Crippen molar-refractivity contribution in [1.29, 1.82) is 0 Å². The van der Waals surface area contributed by atoms with E-state index in [0.29, 0.717) is 11.0 Å². The topological polar surface area (TPSA) is 59.7 Å². The minimum atomic E-state index is -0.237. The summed E-state index contributed by atoms with van der Waals surface area (Å²) in [5.41, 5.74) is 0.158. The molecule has 0 saturated heterocycles. The Balaban J connectivity index is 2.83. The lowest BCUT2D eigenvalue weighted by molar-refractivity contribution is 0.310. The highest BCUT2D eigenvalue weighted by molar-refractivity contribution is 5.78. The first-order valence-electron chi connectivity index (χ1n) is 4.01. The zero-order valence-electron chi connectivity index (χ0n) is 7.48. The summed E-state index contributed by atoms with van der Waals surface area (Å²) in [5, 5.41) is 9.51. The Hall–Kier alpha value is -1.97. The van der Waals surface area contributed by atoms with E-state index >= 15 is 0 Å². The van der Waals surface area contributed by atoms with Gasteiger partial charge in [-0.05, 0) is 18.2 Å². The quantitative estimate of drug-likeness (QED) is 0.743. The minimum absolute atomic E-state index is 0.0370. The standard InChI is InChI=1S/C10H8O4/c1-13-10-5-8(12)7-4-6(11)2-3-9(7)14-10/h2-5,11H,1H3. The molecule has 0 saturated carbocycles. The number of benzene rings is 1. The monoisotopic (exact) mass is 192 g/mol. The van der Waals surface area contributed by atoms with Crippen LogP contribution in [0.2, 0.25) is 0 Å². The molecule has 0 amide bonds. The molecule has 2 rings (SSSR count). The molecule has 0 aliphatic carbocycles. The molecule has 2 aromatic rings. The summed E-state index contributed by atoms with van der Waals surface area (Å²) < 4.78 is 10.0. The maximum Gasteiger partial charge on any atom is 0.288 e. The third-order valence-electron chi connectivity index (χ3n) is 1.89. The van der Waals surface area contributed by atoms with E-state index in [2.05, 4.69) is 0 Å². The van der Waals surface area contributed by atoms with Gasteiger partial charge in [-0.1, -0.05) is 0 Å². The number of phenolic OH excluding ortho intramolecular Hbond substituents is 1. The number of phenols is 1. The molecule has 1 heterocycles. The van der Waals surface area contributed by atoms with Crippen LogP contribution in [0.25, 0.3) is 11.0 Å². The molecule has 0 atom stereocenters. The molecule has 14 heavy (non-hydrogen) atoms.